The largest absolute Gasteiger partial charge is 0.481 e. The fourth-order valence-corrected chi connectivity index (χ4v) is 2.20. The molecule has 0 fully saturated rings. The molecule has 1 aromatic heterocycles. The summed E-state index contributed by atoms with van der Waals surface area (Å²) in [6.45, 7) is 0. The van der Waals surface area contributed by atoms with E-state index in [-0.39, 0.29) is 19.3 Å². The van der Waals surface area contributed by atoms with Crippen molar-refractivity contribution in [3.05, 3.63) is 18.2 Å². The van der Waals surface area contributed by atoms with E-state index in [9.17, 15) is 29.1 Å². The average Bonchev–Trinajstić information content (AvgIpc) is 3.09. The van der Waals surface area contributed by atoms with Gasteiger partial charge in [0.1, 0.15) is 12.1 Å². The lowest BCUT2D eigenvalue weighted by atomic mass is 10.1. The fraction of sp³-hybridized carbons (Fsp3) is 0.467. The molecule has 0 aliphatic carbocycles. The van der Waals surface area contributed by atoms with Crippen molar-refractivity contribution in [2.75, 3.05) is 0 Å². The van der Waals surface area contributed by atoms with Crippen molar-refractivity contribution < 1.29 is 34.2 Å². The lowest BCUT2D eigenvalue weighted by Gasteiger charge is -2.22. The van der Waals surface area contributed by atoms with Crippen molar-refractivity contribution in [1.29, 1.82) is 0 Å². The topological polar surface area (TPSA) is 231 Å². The van der Waals surface area contributed by atoms with Crippen LogP contribution in [-0.4, -0.2) is 68.0 Å². The van der Waals surface area contributed by atoms with E-state index >= 15 is 0 Å². The monoisotopic (exact) mass is 398 g/mol. The smallest absolute Gasteiger partial charge is 0.326 e. The molecule has 0 saturated carbocycles. The van der Waals surface area contributed by atoms with Crippen LogP contribution in [-0.2, 0) is 30.4 Å². The minimum absolute atomic E-state index is 0.101. The first-order valence-corrected chi connectivity index (χ1v) is 8.16. The second-order valence-electron chi connectivity index (χ2n) is 5.95. The number of nitrogens with zero attached hydrogens (tertiary/aromatic N) is 1. The van der Waals surface area contributed by atoms with E-state index in [2.05, 4.69) is 20.6 Å². The van der Waals surface area contributed by atoms with Gasteiger partial charge in [-0.25, -0.2) is 9.78 Å². The Hall–Kier alpha value is -3.48. The Balaban J connectivity index is 2.83. The molecule has 0 unspecified atom stereocenters. The summed E-state index contributed by atoms with van der Waals surface area (Å²) in [5, 5.41) is 22.4. The minimum Gasteiger partial charge on any atom is -0.481 e. The number of aliphatic carboxylic acids is 2. The second kappa shape index (κ2) is 10.6. The highest BCUT2D eigenvalue weighted by Crippen LogP contribution is 2.03. The number of carbonyl (C=O) groups is 5. The molecule has 3 amide bonds. The molecule has 28 heavy (non-hydrogen) atoms. The standard InChI is InChI=1S/C15H22N6O7/c16-8(4-12(23)24)13(25)20-9(1-2-11(17)22)14(26)21-10(15(27)28)3-7-5-18-6-19-7/h5-6,8-10H,1-4,16H2,(H2,17,22)(H,18,19)(H,20,25)(H,21,26)(H,23,24)(H,27,28)/t8-,9-,10-/m0/s1. The van der Waals surface area contributed by atoms with Gasteiger partial charge >= 0.3 is 11.9 Å². The maximum absolute atomic E-state index is 12.5. The number of rotatable bonds is 12. The molecule has 0 aromatic carbocycles. The molecule has 0 saturated heterocycles. The lowest BCUT2D eigenvalue weighted by Crippen LogP contribution is -2.55. The molecule has 13 heteroatoms. The van der Waals surface area contributed by atoms with E-state index in [0.29, 0.717) is 5.69 Å². The van der Waals surface area contributed by atoms with Crippen molar-refractivity contribution in [3.8, 4) is 0 Å². The number of hydrogen-bond acceptors (Lipinski definition) is 7. The second-order valence-corrected chi connectivity index (χ2v) is 5.95. The summed E-state index contributed by atoms with van der Waals surface area (Å²) in [5.41, 5.74) is 10.9. The quantitative estimate of drug-likeness (QED) is 0.191. The number of carboxylic acids is 2. The molecule has 0 spiro atoms. The van der Waals surface area contributed by atoms with Gasteiger partial charge in [0.15, 0.2) is 0 Å². The van der Waals surface area contributed by atoms with Gasteiger partial charge in [-0.05, 0) is 6.42 Å². The molecule has 1 rings (SSSR count). The van der Waals surface area contributed by atoms with Gasteiger partial charge in [-0.3, -0.25) is 19.2 Å². The first-order valence-electron chi connectivity index (χ1n) is 8.16. The highest BCUT2D eigenvalue weighted by molar-refractivity contribution is 5.93. The number of aromatic nitrogens is 2. The number of H-pyrrole nitrogens is 1. The molecule has 3 atom stereocenters. The van der Waals surface area contributed by atoms with Crippen LogP contribution in [0, 0.1) is 0 Å². The third kappa shape index (κ3) is 7.82. The third-order valence-corrected chi connectivity index (χ3v) is 3.64. The summed E-state index contributed by atoms with van der Waals surface area (Å²) in [6, 6.07) is -4.10. The van der Waals surface area contributed by atoms with E-state index in [1.165, 1.54) is 12.5 Å². The number of nitrogens with two attached hydrogens (primary N) is 2. The maximum atomic E-state index is 12.5. The average molecular weight is 398 g/mol. The maximum Gasteiger partial charge on any atom is 0.326 e. The van der Waals surface area contributed by atoms with Crippen LogP contribution < -0.4 is 22.1 Å². The normalized spacial score (nSPS) is 13.8. The zero-order valence-corrected chi connectivity index (χ0v) is 14.8. The molecule has 1 aromatic rings. The number of nitrogens with one attached hydrogen (secondary N) is 3. The Kier molecular flexibility index (Phi) is 8.55. The van der Waals surface area contributed by atoms with Gasteiger partial charge in [0.05, 0.1) is 18.8 Å². The van der Waals surface area contributed by atoms with E-state index in [1.54, 1.807) is 0 Å². The Morgan fingerprint density at radius 1 is 1.11 bits per heavy atom. The van der Waals surface area contributed by atoms with Crippen LogP contribution in [0.4, 0.5) is 0 Å². The van der Waals surface area contributed by atoms with Crippen molar-refractivity contribution in [3.63, 3.8) is 0 Å². The van der Waals surface area contributed by atoms with E-state index in [4.69, 9.17) is 16.6 Å². The van der Waals surface area contributed by atoms with Crippen molar-refractivity contribution in [1.82, 2.24) is 20.6 Å². The summed E-state index contributed by atoms with van der Waals surface area (Å²) in [6.07, 6.45) is 1.47. The van der Waals surface area contributed by atoms with Crippen molar-refractivity contribution in [2.45, 2.75) is 43.8 Å². The third-order valence-electron chi connectivity index (χ3n) is 3.64. The summed E-state index contributed by atoms with van der Waals surface area (Å²) in [4.78, 5) is 64.0. The molecule has 9 N–H and O–H groups in total. The molecular weight excluding hydrogens is 376 g/mol. The van der Waals surface area contributed by atoms with E-state index in [0.717, 1.165) is 0 Å². The van der Waals surface area contributed by atoms with Crippen LogP contribution in [0.25, 0.3) is 0 Å². The van der Waals surface area contributed by atoms with Gasteiger partial charge in [-0.1, -0.05) is 0 Å². The molecule has 13 nitrogen and oxygen atoms in total. The summed E-state index contributed by atoms with van der Waals surface area (Å²) in [5.74, 6) is -5.21. The van der Waals surface area contributed by atoms with Crippen LogP contribution in [0.15, 0.2) is 12.5 Å². The Morgan fingerprint density at radius 3 is 2.25 bits per heavy atom. The summed E-state index contributed by atoms with van der Waals surface area (Å²) in [7, 11) is 0. The number of amides is 3. The van der Waals surface area contributed by atoms with Crippen LogP contribution >= 0.6 is 0 Å². The van der Waals surface area contributed by atoms with Gasteiger partial charge in [0.25, 0.3) is 0 Å². The van der Waals surface area contributed by atoms with Crippen molar-refractivity contribution >= 4 is 29.7 Å². The number of primary amides is 1. The predicted molar refractivity (Wildman–Crippen MR) is 92.4 cm³/mol. The fourth-order valence-electron chi connectivity index (χ4n) is 2.20. The van der Waals surface area contributed by atoms with Crippen LogP contribution in [0.3, 0.4) is 0 Å². The molecule has 0 bridgehead atoms. The highest BCUT2D eigenvalue weighted by Gasteiger charge is 2.29. The van der Waals surface area contributed by atoms with Crippen LogP contribution in [0.2, 0.25) is 0 Å². The summed E-state index contributed by atoms with van der Waals surface area (Å²) < 4.78 is 0. The number of carbonyl (C=O) groups excluding carboxylic acids is 3. The van der Waals surface area contributed by atoms with Crippen molar-refractivity contribution in [2.24, 2.45) is 11.5 Å². The molecule has 1 heterocycles. The van der Waals surface area contributed by atoms with Gasteiger partial charge in [-0.2, -0.15) is 0 Å². The van der Waals surface area contributed by atoms with Gasteiger partial charge in [0, 0.05) is 24.7 Å². The van der Waals surface area contributed by atoms with Gasteiger partial charge in [-0.15, -0.1) is 0 Å². The first-order chi connectivity index (χ1) is 13.1. The zero-order chi connectivity index (χ0) is 21.3. The molecule has 0 aliphatic heterocycles. The Bertz CT molecular complexity index is 720. The SMILES string of the molecule is NC(=O)CC[C@H](NC(=O)[C@@H](N)CC(=O)O)C(=O)N[C@@H](Cc1cnc[nH]1)C(=O)O. The predicted octanol–water partition coefficient (Wildman–Crippen LogP) is -2.93. The molecular formula is C15H22N6O7. The van der Waals surface area contributed by atoms with E-state index in [1.807, 2.05) is 0 Å². The zero-order valence-electron chi connectivity index (χ0n) is 14.8. The number of carboxylic acid groups (broad SMARTS) is 2. The Morgan fingerprint density at radius 2 is 1.75 bits per heavy atom. The van der Waals surface area contributed by atoms with Crippen LogP contribution in [0.5, 0.6) is 0 Å². The summed E-state index contributed by atoms with van der Waals surface area (Å²) >= 11 is 0. The van der Waals surface area contributed by atoms with Gasteiger partial charge < -0.3 is 37.3 Å². The minimum atomic E-state index is -1.43. The highest BCUT2D eigenvalue weighted by atomic mass is 16.4. The first kappa shape index (κ1) is 22.6. The molecule has 0 radical (unpaired) electrons. The Labute approximate surface area is 158 Å². The van der Waals surface area contributed by atoms with Crippen LogP contribution in [0.1, 0.15) is 25.0 Å². The van der Waals surface area contributed by atoms with Gasteiger partial charge in [0.2, 0.25) is 17.7 Å². The van der Waals surface area contributed by atoms with E-state index < -0.39 is 54.2 Å². The molecule has 154 valence electrons. The number of imidazole rings is 1. The lowest BCUT2D eigenvalue weighted by molar-refractivity contribution is -0.142. The number of aromatic amines is 1. The number of hydrogen-bond donors (Lipinski definition) is 7. The molecule has 0 aliphatic rings.